The maximum atomic E-state index is 11.9. The normalized spacial score (nSPS) is 14.8. The lowest BCUT2D eigenvalue weighted by Crippen LogP contribution is -2.38. The van der Waals surface area contributed by atoms with Gasteiger partial charge >= 0.3 is 0 Å². The number of amides is 1. The Morgan fingerprint density at radius 1 is 1.50 bits per heavy atom. The minimum Gasteiger partial charge on any atom is -0.329 e. The van der Waals surface area contributed by atoms with Gasteiger partial charge in [0.15, 0.2) is 0 Å². The van der Waals surface area contributed by atoms with E-state index in [9.17, 15) is 4.79 Å². The number of carbonyl (C=O) groups is 1. The molecule has 4 nitrogen and oxygen atoms in total. The first-order valence-electron chi connectivity index (χ1n) is 6.49. The number of hydrogen-bond donors (Lipinski definition) is 2. The minimum atomic E-state index is 0.0425. The summed E-state index contributed by atoms with van der Waals surface area (Å²) >= 11 is 0. The minimum absolute atomic E-state index is 0.0425. The molecule has 0 radical (unpaired) electrons. The van der Waals surface area contributed by atoms with E-state index in [1.165, 1.54) is 12.8 Å². The van der Waals surface area contributed by atoms with Crippen LogP contribution in [0.2, 0.25) is 0 Å². The molecule has 1 saturated carbocycles. The smallest absolute Gasteiger partial charge is 0.238 e. The van der Waals surface area contributed by atoms with Gasteiger partial charge < -0.3 is 11.1 Å². The highest BCUT2D eigenvalue weighted by Gasteiger charge is 2.29. The van der Waals surface area contributed by atoms with Crippen LogP contribution >= 0.6 is 0 Å². The molecular weight excluding hydrogens is 226 g/mol. The first kappa shape index (κ1) is 13.1. The van der Waals surface area contributed by atoms with Crippen LogP contribution in [0.3, 0.4) is 0 Å². The summed E-state index contributed by atoms with van der Waals surface area (Å²) in [5.41, 5.74) is 7.58. The van der Waals surface area contributed by atoms with Gasteiger partial charge in [-0.2, -0.15) is 0 Å². The molecular formula is C14H21N3O. The van der Waals surface area contributed by atoms with E-state index < -0.39 is 0 Å². The molecule has 3 N–H and O–H groups in total. The molecule has 2 rings (SSSR count). The van der Waals surface area contributed by atoms with Crippen LogP contribution in [-0.2, 0) is 4.79 Å². The quantitative estimate of drug-likeness (QED) is 0.798. The van der Waals surface area contributed by atoms with Gasteiger partial charge in [-0.3, -0.25) is 9.69 Å². The van der Waals surface area contributed by atoms with Gasteiger partial charge in [-0.1, -0.05) is 12.1 Å². The maximum absolute atomic E-state index is 11.9. The van der Waals surface area contributed by atoms with Crippen molar-refractivity contribution in [3.05, 3.63) is 29.8 Å². The van der Waals surface area contributed by atoms with Gasteiger partial charge in [0.1, 0.15) is 0 Å². The molecule has 1 fully saturated rings. The highest BCUT2D eigenvalue weighted by atomic mass is 16.2. The highest BCUT2D eigenvalue weighted by Crippen LogP contribution is 2.26. The van der Waals surface area contributed by atoms with Gasteiger partial charge in [-0.25, -0.2) is 0 Å². The van der Waals surface area contributed by atoms with Gasteiger partial charge in [0, 0.05) is 24.8 Å². The van der Waals surface area contributed by atoms with Crippen molar-refractivity contribution in [1.82, 2.24) is 4.90 Å². The summed E-state index contributed by atoms with van der Waals surface area (Å²) in [5.74, 6) is 0.0425. The molecule has 0 aliphatic heterocycles. The molecule has 98 valence electrons. The predicted octanol–water partition coefficient (Wildman–Crippen LogP) is 1.36. The van der Waals surface area contributed by atoms with Crippen molar-refractivity contribution in [3.63, 3.8) is 0 Å². The Hall–Kier alpha value is -1.39. The zero-order valence-corrected chi connectivity index (χ0v) is 10.9. The molecule has 0 saturated heterocycles. The third-order valence-electron chi connectivity index (χ3n) is 3.13. The molecule has 0 unspecified atom stereocenters. The van der Waals surface area contributed by atoms with Crippen molar-refractivity contribution in [3.8, 4) is 0 Å². The Bertz CT molecular complexity index is 415. The lowest BCUT2D eigenvalue weighted by atomic mass is 10.2. The van der Waals surface area contributed by atoms with Crippen LogP contribution in [0, 0.1) is 6.92 Å². The number of nitrogens with one attached hydrogen (secondary N) is 1. The van der Waals surface area contributed by atoms with E-state index in [0.717, 1.165) is 17.8 Å². The highest BCUT2D eigenvalue weighted by molar-refractivity contribution is 5.92. The van der Waals surface area contributed by atoms with E-state index in [4.69, 9.17) is 5.73 Å². The fraction of sp³-hybridized carbons (Fsp3) is 0.500. The largest absolute Gasteiger partial charge is 0.329 e. The second kappa shape index (κ2) is 5.98. The number of carbonyl (C=O) groups excluding carboxylic acids is 1. The van der Waals surface area contributed by atoms with Crippen LogP contribution in [0.1, 0.15) is 18.4 Å². The third kappa shape index (κ3) is 3.82. The molecule has 1 aliphatic rings. The average Bonchev–Trinajstić information content (AvgIpc) is 3.12. The molecule has 1 aromatic rings. The fourth-order valence-corrected chi connectivity index (χ4v) is 2.10. The molecule has 18 heavy (non-hydrogen) atoms. The van der Waals surface area contributed by atoms with E-state index in [1.54, 1.807) is 0 Å². The molecule has 0 atom stereocenters. The van der Waals surface area contributed by atoms with Crippen molar-refractivity contribution in [1.29, 1.82) is 0 Å². The molecule has 1 amide bonds. The van der Waals surface area contributed by atoms with Crippen molar-refractivity contribution in [2.24, 2.45) is 5.73 Å². The van der Waals surface area contributed by atoms with Crippen LogP contribution < -0.4 is 11.1 Å². The Balaban J connectivity index is 1.87. The Labute approximate surface area is 108 Å². The van der Waals surface area contributed by atoms with Gasteiger partial charge in [0.25, 0.3) is 0 Å². The molecule has 4 heteroatoms. The summed E-state index contributed by atoms with van der Waals surface area (Å²) in [6, 6.07) is 8.42. The first-order chi connectivity index (χ1) is 8.69. The molecule has 0 bridgehead atoms. The molecule has 0 aromatic heterocycles. The number of hydrogen-bond acceptors (Lipinski definition) is 3. The van der Waals surface area contributed by atoms with E-state index >= 15 is 0 Å². The zero-order chi connectivity index (χ0) is 13.0. The summed E-state index contributed by atoms with van der Waals surface area (Å²) in [4.78, 5) is 14.1. The summed E-state index contributed by atoms with van der Waals surface area (Å²) in [5, 5.41) is 2.93. The standard InChI is InChI=1S/C14H21N3O/c1-11-3-2-4-12(9-11)16-14(18)10-17(8-7-15)13-5-6-13/h2-4,9,13H,5-8,10,15H2,1H3,(H,16,18). The Kier molecular flexibility index (Phi) is 4.33. The zero-order valence-electron chi connectivity index (χ0n) is 10.9. The molecule has 0 spiro atoms. The van der Waals surface area contributed by atoms with Gasteiger partial charge in [0.2, 0.25) is 5.91 Å². The second-order valence-corrected chi connectivity index (χ2v) is 4.91. The summed E-state index contributed by atoms with van der Waals surface area (Å²) in [6.07, 6.45) is 2.38. The topological polar surface area (TPSA) is 58.4 Å². The summed E-state index contributed by atoms with van der Waals surface area (Å²) < 4.78 is 0. The van der Waals surface area contributed by atoms with E-state index in [1.807, 2.05) is 31.2 Å². The first-order valence-corrected chi connectivity index (χ1v) is 6.49. The van der Waals surface area contributed by atoms with Crippen molar-refractivity contribution in [2.45, 2.75) is 25.8 Å². The fourth-order valence-electron chi connectivity index (χ4n) is 2.10. The number of benzene rings is 1. The summed E-state index contributed by atoms with van der Waals surface area (Å²) in [7, 11) is 0. The van der Waals surface area contributed by atoms with Crippen LogP contribution in [0.5, 0.6) is 0 Å². The number of nitrogens with two attached hydrogens (primary N) is 1. The van der Waals surface area contributed by atoms with Crippen LogP contribution in [0.25, 0.3) is 0 Å². The predicted molar refractivity (Wildman–Crippen MR) is 73.5 cm³/mol. The van der Waals surface area contributed by atoms with Crippen molar-refractivity contribution < 1.29 is 4.79 Å². The maximum Gasteiger partial charge on any atom is 0.238 e. The van der Waals surface area contributed by atoms with E-state index in [2.05, 4.69) is 10.2 Å². The van der Waals surface area contributed by atoms with Gasteiger partial charge in [0.05, 0.1) is 6.54 Å². The number of rotatable bonds is 6. The van der Waals surface area contributed by atoms with E-state index in [0.29, 0.717) is 19.1 Å². The number of aryl methyl sites for hydroxylation is 1. The SMILES string of the molecule is Cc1cccc(NC(=O)CN(CCN)C2CC2)c1. The molecule has 1 aromatic carbocycles. The third-order valence-corrected chi connectivity index (χ3v) is 3.13. The summed E-state index contributed by atoms with van der Waals surface area (Å²) in [6.45, 7) is 3.86. The van der Waals surface area contributed by atoms with Crippen LogP contribution in [0.4, 0.5) is 5.69 Å². The van der Waals surface area contributed by atoms with E-state index in [-0.39, 0.29) is 5.91 Å². The van der Waals surface area contributed by atoms with Crippen LogP contribution in [0.15, 0.2) is 24.3 Å². The second-order valence-electron chi connectivity index (χ2n) is 4.91. The number of nitrogens with zero attached hydrogens (tertiary/aromatic N) is 1. The van der Waals surface area contributed by atoms with Gasteiger partial charge in [-0.15, -0.1) is 0 Å². The lowest BCUT2D eigenvalue weighted by Gasteiger charge is -2.20. The lowest BCUT2D eigenvalue weighted by molar-refractivity contribution is -0.117. The average molecular weight is 247 g/mol. The van der Waals surface area contributed by atoms with Crippen molar-refractivity contribution >= 4 is 11.6 Å². The molecule has 0 heterocycles. The Morgan fingerprint density at radius 2 is 2.28 bits per heavy atom. The van der Waals surface area contributed by atoms with Gasteiger partial charge in [-0.05, 0) is 37.5 Å². The van der Waals surface area contributed by atoms with Crippen molar-refractivity contribution in [2.75, 3.05) is 25.0 Å². The monoisotopic (exact) mass is 247 g/mol. The molecule has 1 aliphatic carbocycles. The van der Waals surface area contributed by atoms with Crippen LogP contribution in [-0.4, -0.2) is 36.5 Å². The number of anilines is 1. The Morgan fingerprint density at radius 3 is 2.89 bits per heavy atom.